The molecule has 0 saturated heterocycles. The topological polar surface area (TPSA) is 9.23 Å². The molecule has 0 saturated carbocycles. The Morgan fingerprint density at radius 2 is 1.24 bits per heavy atom. The van der Waals surface area contributed by atoms with Crippen molar-refractivity contribution < 1.29 is 25.6 Å². The molecule has 34 heavy (non-hydrogen) atoms. The van der Waals surface area contributed by atoms with E-state index in [1.165, 1.54) is 46.9 Å². The summed E-state index contributed by atoms with van der Waals surface area (Å²) in [7, 11) is 8.01. The van der Waals surface area contributed by atoms with Gasteiger partial charge < -0.3 is 4.74 Å². The summed E-state index contributed by atoms with van der Waals surface area (Å²) in [6.07, 6.45) is 4.99. The van der Waals surface area contributed by atoms with Gasteiger partial charge >= 0.3 is 37.9 Å². The normalized spacial score (nSPS) is 11.9. The maximum atomic E-state index is 5.90. The van der Waals surface area contributed by atoms with E-state index in [4.69, 9.17) is 21.8 Å². The van der Waals surface area contributed by atoms with Crippen molar-refractivity contribution in [3.05, 3.63) is 72.8 Å². The first-order valence-electron chi connectivity index (χ1n) is 12.2. The van der Waals surface area contributed by atoms with Crippen LogP contribution in [-0.2, 0) is 25.6 Å². The zero-order valence-corrected chi connectivity index (χ0v) is 25.8. The fourth-order valence-electron chi connectivity index (χ4n) is 4.99. The molecule has 0 heterocycles. The number of hydrogen-bond acceptors (Lipinski definition) is 1. The molecule has 1 nitrogen and oxygen atoms in total. The van der Waals surface area contributed by atoms with E-state index >= 15 is 0 Å². The van der Waals surface area contributed by atoms with Crippen LogP contribution in [0.5, 0.6) is 0 Å². The molecule has 4 aromatic rings. The monoisotopic (exact) mass is 588 g/mol. The van der Waals surface area contributed by atoms with Gasteiger partial charge in [0.2, 0.25) is 0 Å². The van der Waals surface area contributed by atoms with Gasteiger partial charge in [0.1, 0.15) is 0 Å². The van der Waals surface area contributed by atoms with E-state index in [0.717, 1.165) is 13.0 Å². The number of halogens is 2. The number of rotatable bonds is 9. The molecule has 180 valence electrons. The Labute approximate surface area is 225 Å². The van der Waals surface area contributed by atoms with E-state index in [-0.39, 0.29) is 5.60 Å². The second-order valence-electron chi connectivity index (χ2n) is 10.2. The third-order valence-electron chi connectivity index (χ3n) is 6.66. The van der Waals surface area contributed by atoms with E-state index < -0.39 is 28.9 Å². The molecule has 0 fully saturated rings. The molecular weight excluding hydrogens is 555 g/mol. The molecule has 0 bridgehead atoms. The van der Waals surface area contributed by atoms with E-state index in [2.05, 4.69) is 100 Å². The number of unbranched alkanes of at least 4 members (excludes halogenated alkanes) is 3. The maximum absolute atomic E-state index is 5.90. The summed E-state index contributed by atoms with van der Waals surface area (Å²) in [5.74, 6) is 0. The summed E-state index contributed by atoms with van der Waals surface area (Å²) in [6.45, 7) is 9.88. The molecule has 0 atom stereocenters. The molecule has 0 N–H and O–H groups in total. The van der Waals surface area contributed by atoms with Gasteiger partial charge in [0.05, 0.1) is 5.60 Å². The summed E-state index contributed by atoms with van der Waals surface area (Å²) in [5.41, 5.74) is -0.0246. The predicted octanol–water partition coefficient (Wildman–Crippen LogP) is 8.38. The molecule has 0 spiro atoms. The summed E-state index contributed by atoms with van der Waals surface area (Å²) in [4.78, 5) is 0. The molecule has 4 aromatic carbocycles. The van der Waals surface area contributed by atoms with Crippen LogP contribution in [0.2, 0.25) is 12.6 Å². The Bertz CT molecular complexity index is 1080. The Morgan fingerprint density at radius 3 is 1.74 bits per heavy atom. The Kier molecular flexibility index (Phi) is 10.7. The average Bonchev–Trinajstić information content (AvgIpc) is 3.43. The molecule has 0 aliphatic carbocycles. The van der Waals surface area contributed by atoms with Crippen molar-refractivity contribution in [3.63, 3.8) is 0 Å². The molecule has 0 unspecified atom stereocenters. The van der Waals surface area contributed by atoms with Gasteiger partial charge in [-0.3, -0.25) is 0 Å². The number of ether oxygens (including phenoxy) is 1. The first-order valence-corrected chi connectivity index (χ1v) is 21.2. The molecule has 0 aliphatic rings. The second kappa shape index (κ2) is 13.0. The Hall–Kier alpha value is -0.700. The van der Waals surface area contributed by atoms with Crippen molar-refractivity contribution in [3.8, 4) is 0 Å². The van der Waals surface area contributed by atoms with Gasteiger partial charge in [-0.15, -0.1) is 68.3 Å². The van der Waals surface area contributed by atoms with Crippen molar-refractivity contribution in [2.75, 3.05) is 6.61 Å². The van der Waals surface area contributed by atoms with Crippen molar-refractivity contribution in [2.45, 2.75) is 64.6 Å². The van der Waals surface area contributed by atoms with Crippen LogP contribution in [0.25, 0.3) is 21.5 Å². The molecule has 4 rings (SSSR count). The number of fused-ring (bicyclic) bond motifs is 2. The van der Waals surface area contributed by atoms with Crippen LogP contribution in [0.3, 0.4) is 0 Å². The second-order valence-corrected chi connectivity index (χ2v) is 18.2. The first kappa shape index (κ1) is 27.9. The van der Waals surface area contributed by atoms with E-state index in [1.807, 2.05) is 0 Å². The standard InChI is InChI=1S/C29H36OSi.2ClH.Zr/c1-29(2,3)30-21-11-5-6-12-22-31(4,27-19-17-23-13-7-9-15-25(23)27)28-20-18-24-14-8-10-16-26(24)28;;;/h7-10,13-20H,5-6,11-12,21-22H2,1-4H3;2*1H;/q-2;;;+4/p-2. The van der Waals surface area contributed by atoms with Crippen LogP contribution in [0, 0.1) is 0 Å². The van der Waals surface area contributed by atoms with Gasteiger partial charge in [0.15, 0.2) is 0 Å². The van der Waals surface area contributed by atoms with Gasteiger partial charge in [0, 0.05) is 14.7 Å². The van der Waals surface area contributed by atoms with Crippen molar-refractivity contribution in [2.24, 2.45) is 0 Å². The summed E-state index contributed by atoms with van der Waals surface area (Å²) in [5, 5.41) is 8.89. The molecule has 0 amide bonds. The SMILES string of the molecule is CC(C)(C)OCCCCCC[Si](C)([c-]1ccc2ccccc21)[c-]1ccc2ccccc21.[Cl][Zr+2][Cl]. The quantitative estimate of drug-likeness (QED) is 0.108. The summed E-state index contributed by atoms with van der Waals surface area (Å²) in [6, 6.07) is 28.7. The summed E-state index contributed by atoms with van der Waals surface area (Å²) >= 11 is -0.826. The van der Waals surface area contributed by atoms with E-state index in [0.29, 0.717) is 0 Å². The van der Waals surface area contributed by atoms with Crippen LogP contribution in [-0.4, -0.2) is 20.3 Å². The summed E-state index contributed by atoms with van der Waals surface area (Å²) < 4.78 is 5.90. The van der Waals surface area contributed by atoms with E-state index in [1.54, 1.807) is 10.4 Å². The first-order chi connectivity index (χ1) is 16.3. The molecule has 0 aliphatic heterocycles. The van der Waals surface area contributed by atoms with Crippen molar-refractivity contribution in [1.82, 2.24) is 0 Å². The van der Waals surface area contributed by atoms with Gasteiger partial charge in [-0.25, -0.2) is 0 Å². The molecule has 0 aromatic heterocycles. The fraction of sp³-hybridized carbons (Fsp3) is 0.379. The number of benzene rings is 2. The van der Waals surface area contributed by atoms with Crippen molar-refractivity contribution in [1.29, 1.82) is 0 Å². The van der Waals surface area contributed by atoms with Gasteiger partial charge in [0.25, 0.3) is 0 Å². The van der Waals surface area contributed by atoms with Crippen LogP contribution >= 0.6 is 17.0 Å². The number of hydrogen-bond donors (Lipinski definition) is 0. The van der Waals surface area contributed by atoms with E-state index in [9.17, 15) is 0 Å². The minimum atomic E-state index is -1.86. The van der Waals surface area contributed by atoms with Crippen LogP contribution < -0.4 is 10.4 Å². The van der Waals surface area contributed by atoms with Gasteiger partial charge in [-0.05, 0) is 27.2 Å². The zero-order chi connectivity index (χ0) is 24.6. The fourth-order valence-corrected chi connectivity index (χ4v) is 9.32. The molecule has 5 heteroatoms. The van der Waals surface area contributed by atoms with Crippen LogP contribution in [0.15, 0.2) is 72.8 Å². The third-order valence-corrected chi connectivity index (χ3v) is 11.3. The zero-order valence-electron chi connectivity index (χ0n) is 20.8. The average molecular weight is 591 g/mol. The van der Waals surface area contributed by atoms with Gasteiger partial charge in [-0.2, -0.15) is 24.3 Å². The van der Waals surface area contributed by atoms with Gasteiger partial charge in [-0.1, -0.05) is 44.0 Å². The van der Waals surface area contributed by atoms with Crippen molar-refractivity contribution >= 4 is 57.0 Å². The third kappa shape index (κ3) is 7.17. The predicted molar refractivity (Wildman–Crippen MR) is 151 cm³/mol. The molecular formula is C29H36Cl2OSiZr. The van der Waals surface area contributed by atoms with Crippen LogP contribution in [0.4, 0.5) is 0 Å². The Balaban J connectivity index is 0.00000103. The van der Waals surface area contributed by atoms with Crippen LogP contribution in [0.1, 0.15) is 46.5 Å². The molecule has 0 radical (unpaired) electrons. The minimum absolute atomic E-state index is 0.0246. The Morgan fingerprint density at radius 1 is 0.765 bits per heavy atom.